The van der Waals surface area contributed by atoms with Crippen LogP contribution in [0.15, 0.2) is 58.5 Å². The largest absolute Gasteiger partial charge is 0.440 e. The van der Waals surface area contributed by atoms with Gasteiger partial charge >= 0.3 is 6.18 Å². The summed E-state index contributed by atoms with van der Waals surface area (Å²) in [5.41, 5.74) is -0.585. The van der Waals surface area contributed by atoms with Crippen molar-refractivity contribution >= 4 is 11.6 Å². The molecular weight excluding hydrogens is 393 g/mol. The number of carbonyl (C=O) groups is 1. The van der Waals surface area contributed by atoms with E-state index in [1.165, 1.54) is 35.7 Å². The van der Waals surface area contributed by atoms with Crippen LogP contribution in [0.5, 0.6) is 0 Å². The van der Waals surface area contributed by atoms with E-state index in [0.29, 0.717) is 5.76 Å². The summed E-state index contributed by atoms with van der Waals surface area (Å²) in [6, 6.07) is 2.27. The van der Waals surface area contributed by atoms with Crippen LogP contribution in [0.25, 0.3) is 11.5 Å². The Kier molecular flexibility index (Phi) is 4.58. The third kappa shape index (κ3) is 4.00. The normalized spacial score (nSPS) is 11.6. The van der Waals surface area contributed by atoms with Gasteiger partial charge in [-0.3, -0.25) is 14.5 Å². The van der Waals surface area contributed by atoms with E-state index in [1.807, 2.05) is 0 Å². The highest BCUT2D eigenvalue weighted by molar-refractivity contribution is 6.03. The van der Waals surface area contributed by atoms with Crippen LogP contribution in [0.1, 0.15) is 21.6 Å². The molecule has 0 fully saturated rings. The molecule has 148 valence electrons. The van der Waals surface area contributed by atoms with Gasteiger partial charge in [0, 0.05) is 30.2 Å². The van der Waals surface area contributed by atoms with Crippen molar-refractivity contribution in [1.82, 2.24) is 24.9 Å². The Morgan fingerprint density at radius 1 is 1.17 bits per heavy atom. The van der Waals surface area contributed by atoms with Crippen molar-refractivity contribution in [2.24, 2.45) is 0 Å². The fraction of sp³-hybridized carbons (Fsp3) is 0.118. The Labute approximate surface area is 160 Å². The molecule has 0 aliphatic carbocycles. The molecule has 0 aliphatic heterocycles. The molecule has 0 atom stereocenters. The van der Waals surface area contributed by atoms with Crippen molar-refractivity contribution in [3.63, 3.8) is 0 Å². The molecule has 0 unspecified atom stereocenters. The first-order chi connectivity index (χ1) is 13.9. The maximum Gasteiger partial charge on any atom is 0.416 e. The fourth-order valence-electron chi connectivity index (χ4n) is 2.55. The minimum Gasteiger partial charge on any atom is -0.440 e. The summed E-state index contributed by atoms with van der Waals surface area (Å²) >= 11 is 0. The quantitative estimate of drug-likeness (QED) is 0.543. The third-order valence-corrected chi connectivity index (χ3v) is 3.85. The van der Waals surface area contributed by atoms with Crippen molar-refractivity contribution in [1.29, 1.82) is 0 Å². The number of nitrogens with zero attached hydrogens (tertiary/aromatic N) is 5. The fourth-order valence-corrected chi connectivity index (χ4v) is 2.55. The summed E-state index contributed by atoms with van der Waals surface area (Å²) in [5.74, 6) is -0.0580. The molecule has 0 spiro atoms. The van der Waals surface area contributed by atoms with Crippen LogP contribution in [0.2, 0.25) is 0 Å². The molecule has 0 radical (unpaired) electrons. The van der Waals surface area contributed by atoms with Gasteiger partial charge in [-0.2, -0.15) is 18.3 Å². The van der Waals surface area contributed by atoms with Crippen molar-refractivity contribution in [2.45, 2.75) is 12.7 Å². The second kappa shape index (κ2) is 7.22. The van der Waals surface area contributed by atoms with Crippen LogP contribution in [-0.2, 0) is 12.7 Å². The van der Waals surface area contributed by atoms with Gasteiger partial charge in [-0.25, -0.2) is 4.98 Å². The van der Waals surface area contributed by atoms with E-state index in [-0.39, 0.29) is 29.2 Å². The molecule has 0 aromatic carbocycles. The molecular formula is C17H11F3N6O3. The lowest BCUT2D eigenvalue weighted by molar-refractivity contribution is -0.138. The molecule has 4 rings (SSSR count). The number of halogens is 3. The third-order valence-electron chi connectivity index (χ3n) is 3.85. The molecule has 12 heteroatoms. The van der Waals surface area contributed by atoms with E-state index in [2.05, 4.69) is 25.5 Å². The van der Waals surface area contributed by atoms with Crippen LogP contribution in [0.4, 0.5) is 18.9 Å². The van der Waals surface area contributed by atoms with Gasteiger partial charge in [-0.15, -0.1) is 0 Å². The van der Waals surface area contributed by atoms with Gasteiger partial charge in [-0.1, -0.05) is 5.16 Å². The summed E-state index contributed by atoms with van der Waals surface area (Å²) < 4.78 is 50.6. The number of anilines is 1. The minimum atomic E-state index is -4.50. The summed E-state index contributed by atoms with van der Waals surface area (Å²) in [4.78, 5) is 19.7. The Hall–Kier alpha value is -3.96. The first kappa shape index (κ1) is 18.4. The molecule has 9 nitrogen and oxygen atoms in total. The molecule has 1 N–H and O–H groups in total. The van der Waals surface area contributed by atoms with Crippen molar-refractivity contribution in [2.75, 3.05) is 5.32 Å². The number of aromatic nitrogens is 5. The van der Waals surface area contributed by atoms with E-state index in [1.54, 1.807) is 0 Å². The lowest BCUT2D eigenvalue weighted by atomic mass is 10.1. The van der Waals surface area contributed by atoms with Crippen LogP contribution < -0.4 is 5.32 Å². The van der Waals surface area contributed by atoms with Gasteiger partial charge in [0.15, 0.2) is 17.8 Å². The van der Waals surface area contributed by atoms with Crippen molar-refractivity contribution in [3.8, 4) is 11.5 Å². The van der Waals surface area contributed by atoms with Crippen LogP contribution in [0.3, 0.4) is 0 Å². The number of pyridine rings is 1. The highest BCUT2D eigenvalue weighted by Crippen LogP contribution is 2.31. The topological polar surface area (TPSA) is 112 Å². The zero-order valence-corrected chi connectivity index (χ0v) is 14.4. The second-order valence-electron chi connectivity index (χ2n) is 5.85. The van der Waals surface area contributed by atoms with E-state index in [4.69, 9.17) is 8.94 Å². The summed E-state index contributed by atoms with van der Waals surface area (Å²) in [6.07, 6.45) is 3.01. The number of hydrogen-bond acceptors (Lipinski definition) is 7. The average Bonchev–Trinajstić information content (AvgIpc) is 3.43. The van der Waals surface area contributed by atoms with Crippen LogP contribution >= 0.6 is 0 Å². The van der Waals surface area contributed by atoms with Gasteiger partial charge in [-0.05, 0) is 6.07 Å². The monoisotopic (exact) mass is 404 g/mol. The zero-order chi connectivity index (χ0) is 20.4. The lowest BCUT2D eigenvalue weighted by Gasteiger charge is -2.11. The molecule has 4 heterocycles. The lowest BCUT2D eigenvalue weighted by Crippen LogP contribution is -2.13. The smallest absolute Gasteiger partial charge is 0.416 e. The van der Waals surface area contributed by atoms with Gasteiger partial charge in [0.25, 0.3) is 5.91 Å². The van der Waals surface area contributed by atoms with Gasteiger partial charge in [0.2, 0.25) is 5.76 Å². The molecule has 0 aliphatic rings. The number of amides is 1. The molecule has 29 heavy (non-hydrogen) atoms. The molecule has 4 aromatic heterocycles. The predicted molar refractivity (Wildman–Crippen MR) is 90.5 cm³/mol. The minimum absolute atomic E-state index is 0.0178. The molecule has 0 saturated heterocycles. The van der Waals surface area contributed by atoms with E-state index in [9.17, 15) is 18.0 Å². The Balaban J connectivity index is 1.46. The van der Waals surface area contributed by atoms with Gasteiger partial charge < -0.3 is 14.3 Å². The molecule has 0 saturated carbocycles. The van der Waals surface area contributed by atoms with Crippen molar-refractivity contribution in [3.05, 3.63) is 66.3 Å². The maximum atomic E-state index is 13.1. The highest BCUT2D eigenvalue weighted by atomic mass is 19.4. The second-order valence-corrected chi connectivity index (χ2v) is 5.85. The van der Waals surface area contributed by atoms with E-state index >= 15 is 0 Å². The first-order valence-corrected chi connectivity index (χ1v) is 8.09. The Bertz CT molecular complexity index is 1130. The summed E-state index contributed by atoms with van der Waals surface area (Å²) in [7, 11) is 0. The molecule has 0 bridgehead atoms. The number of carbonyl (C=O) groups excluding carboxylic acids is 1. The number of nitrogens with one attached hydrogen (secondary N) is 1. The number of hydrogen-bond donors (Lipinski definition) is 1. The summed E-state index contributed by atoms with van der Waals surface area (Å²) in [5, 5.41) is 10.2. The van der Waals surface area contributed by atoms with E-state index in [0.717, 1.165) is 18.5 Å². The summed E-state index contributed by atoms with van der Waals surface area (Å²) in [6.45, 7) is -0.168. The maximum absolute atomic E-state index is 13.1. The molecule has 1 amide bonds. The number of alkyl halides is 3. The van der Waals surface area contributed by atoms with Gasteiger partial charge in [0.05, 0.1) is 30.2 Å². The average molecular weight is 404 g/mol. The predicted octanol–water partition coefficient (Wildman–Crippen LogP) is 3.24. The first-order valence-electron chi connectivity index (χ1n) is 8.09. The van der Waals surface area contributed by atoms with Crippen LogP contribution in [0, 0.1) is 0 Å². The van der Waals surface area contributed by atoms with Crippen molar-refractivity contribution < 1.29 is 26.9 Å². The standard InChI is InChI=1S/C17H11F3N6O3/c18-17(19,20)12-1-2-21-4-10(12)7-26-8-11(5-23-26)24-16(27)13-3-14(29-25-13)15-6-22-9-28-15/h1-6,8-9H,7H2,(H,24,27). The van der Waals surface area contributed by atoms with E-state index < -0.39 is 17.6 Å². The van der Waals surface area contributed by atoms with Gasteiger partial charge in [0.1, 0.15) is 0 Å². The SMILES string of the molecule is O=C(Nc1cnn(Cc2cnccc2C(F)(F)F)c1)c1cc(-c2cnco2)on1. The Morgan fingerprint density at radius 2 is 2.03 bits per heavy atom. The number of oxazole rings is 1. The highest BCUT2D eigenvalue weighted by Gasteiger charge is 2.33. The number of rotatable bonds is 5. The van der Waals surface area contributed by atoms with Crippen LogP contribution in [-0.4, -0.2) is 30.8 Å². The molecule has 4 aromatic rings. The Morgan fingerprint density at radius 3 is 2.79 bits per heavy atom. The zero-order valence-electron chi connectivity index (χ0n) is 14.4.